The molecule has 0 amide bonds. The minimum absolute atomic E-state index is 0.0592. The molecule has 0 saturated carbocycles. The molecular formula is C11H16BrNO4S2. The Morgan fingerprint density at radius 1 is 1.21 bits per heavy atom. The van der Waals surface area contributed by atoms with Gasteiger partial charge in [-0.05, 0) is 30.7 Å². The summed E-state index contributed by atoms with van der Waals surface area (Å²) in [5.41, 5.74) is 0.803. The lowest BCUT2D eigenvalue weighted by molar-refractivity contribution is 0.484. The van der Waals surface area contributed by atoms with E-state index in [0.717, 1.165) is 20.6 Å². The zero-order valence-corrected chi connectivity index (χ0v) is 14.1. The summed E-state index contributed by atoms with van der Waals surface area (Å²) >= 11 is 3.30. The molecule has 0 aliphatic heterocycles. The van der Waals surface area contributed by atoms with E-state index in [1.54, 1.807) is 19.1 Å². The van der Waals surface area contributed by atoms with Crippen LogP contribution < -0.4 is 0 Å². The SMILES string of the molecule is Cc1cc(S(=O)(=O)N(C)CCS(C)(=O)=O)ccc1Br. The van der Waals surface area contributed by atoms with Gasteiger partial charge in [0.2, 0.25) is 10.0 Å². The van der Waals surface area contributed by atoms with Gasteiger partial charge in [-0.3, -0.25) is 0 Å². The molecule has 0 saturated heterocycles. The summed E-state index contributed by atoms with van der Waals surface area (Å²) in [4.78, 5) is 0.157. The Morgan fingerprint density at radius 2 is 1.79 bits per heavy atom. The van der Waals surface area contributed by atoms with E-state index in [-0.39, 0.29) is 17.2 Å². The molecule has 1 aromatic rings. The van der Waals surface area contributed by atoms with Crippen molar-refractivity contribution in [3.8, 4) is 0 Å². The third-order valence-corrected chi connectivity index (χ3v) is 6.28. The van der Waals surface area contributed by atoms with Crippen molar-refractivity contribution in [2.45, 2.75) is 11.8 Å². The highest BCUT2D eigenvalue weighted by atomic mass is 79.9. The van der Waals surface area contributed by atoms with Crippen LogP contribution in [0.5, 0.6) is 0 Å². The number of nitrogens with zero attached hydrogens (tertiary/aromatic N) is 1. The molecular weight excluding hydrogens is 354 g/mol. The maximum absolute atomic E-state index is 12.2. The second-order valence-corrected chi connectivity index (χ2v) is 9.53. The topological polar surface area (TPSA) is 71.5 Å². The number of rotatable bonds is 5. The first-order chi connectivity index (χ1) is 8.54. The number of sulfone groups is 1. The van der Waals surface area contributed by atoms with Crippen molar-refractivity contribution < 1.29 is 16.8 Å². The molecule has 8 heteroatoms. The number of hydrogen-bond donors (Lipinski definition) is 0. The van der Waals surface area contributed by atoms with Crippen LogP contribution >= 0.6 is 15.9 Å². The van der Waals surface area contributed by atoms with Crippen LogP contribution in [-0.4, -0.2) is 46.7 Å². The van der Waals surface area contributed by atoms with Gasteiger partial charge in [-0.2, -0.15) is 4.31 Å². The lowest BCUT2D eigenvalue weighted by Crippen LogP contribution is -2.31. The Labute approximate surface area is 122 Å². The van der Waals surface area contributed by atoms with Crippen molar-refractivity contribution in [3.05, 3.63) is 28.2 Å². The highest BCUT2D eigenvalue weighted by molar-refractivity contribution is 9.10. The average molecular weight is 370 g/mol. The van der Waals surface area contributed by atoms with E-state index < -0.39 is 19.9 Å². The van der Waals surface area contributed by atoms with Gasteiger partial charge < -0.3 is 0 Å². The molecule has 0 bridgehead atoms. The van der Waals surface area contributed by atoms with E-state index >= 15 is 0 Å². The van der Waals surface area contributed by atoms with Crippen LogP contribution in [0.2, 0.25) is 0 Å². The molecule has 0 aliphatic rings. The molecule has 0 unspecified atom stereocenters. The van der Waals surface area contributed by atoms with E-state index in [0.29, 0.717) is 0 Å². The summed E-state index contributed by atoms with van der Waals surface area (Å²) in [7, 11) is -5.47. The van der Waals surface area contributed by atoms with E-state index in [1.165, 1.54) is 13.1 Å². The van der Waals surface area contributed by atoms with Crippen LogP contribution in [0.3, 0.4) is 0 Å². The molecule has 1 rings (SSSR count). The number of aryl methyl sites for hydroxylation is 1. The Hall–Kier alpha value is -0.440. The van der Waals surface area contributed by atoms with Crippen LogP contribution in [0.25, 0.3) is 0 Å². The number of benzene rings is 1. The standard InChI is InChI=1S/C11H16BrNO4S2/c1-9-8-10(4-5-11(9)12)19(16,17)13(2)6-7-18(3,14)15/h4-5,8H,6-7H2,1-3H3. The first kappa shape index (κ1) is 16.6. The van der Waals surface area contributed by atoms with Crippen LogP contribution in [0.15, 0.2) is 27.6 Å². The summed E-state index contributed by atoms with van der Waals surface area (Å²) in [5, 5.41) is 0. The van der Waals surface area contributed by atoms with Gasteiger partial charge in [0.1, 0.15) is 9.84 Å². The summed E-state index contributed by atoms with van der Waals surface area (Å²) in [6, 6.07) is 4.70. The maximum Gasteiger partial charge on any atom is 0.242 e. The molecule has 0 radical (unpaired) electrons. The normalized spacial score (nSPS) is 12.9. The van der Waals surface area contributed by atoms with Gasteiger partial charge in [-0.25, -0.2) is 16.8 Å². The van der Waals surface area contributed by atoms with Crippen LogP contribution in [0, 0.1) is 6.92 Å². The molecule has 0 heterocycles. The monoisotopic (exact) mass is 369 g/mol. The molecule has 0 aromatic heterocycles. The van der Waals surface area contributed by atoms with Gasteiger partial charge in [0, 0.05) is 24.3 Å². The lowest BCUT2D eigenvalue weighted by atomic mass is 10.2. The van der Waals surface area contributed by atoms with E-state index in [9.17, 15) is 16.8 Å². The number of hydrogen-bond acceptors (Lipinski definition) is 4. The third-order valence-electron chi connectivity index (χ3n) is 2.61. The fraction of sp³-hybridized carbons (Fsp3) is 0.455. The van der Waals surface area contributed by atoms with Crippen LogP contribution in [0.1, 0.15) is 5.56 Å². The Kier molecular flexibility index (Phi) is 5.16. The van der Waals surface area contributed by atoms with Crippen molar-refractivity contribution in [1.82, 2.24) is 4.31 Å². The van der Waals surface area contributed by atoms with Gasteiger partial charge >= 0.3 is 0 Å². The molecule has 0 N–H and O–H groups in total. The Bertz CT molecular complexity index is 668. The summed E-state index contributed by atoms with van der Waals surface area (Å²) < 4.78 is 48.5. The first-order valence-electron chi connectivity index (χ1n) is 5.44. The largest absolute Gasteiger partial charge is 0.242 e. The summed E-state index contributed by atoms with van der Waals surface area (Å²) in [5.74, 6) is -0.196. The highest BCUT2D eigenvalue weighted by Gasteiger charge is 2.22. The number of halogens is 1. The highest BCUT2D eigenvalue weighted by Crippen LogP contribution is 2.21. The lowest BCUT2D eigenvalue weighted by Gasteiger charge is -2.17. The van der Waals surface area contributed by atoms with Gasteiger partial charge in [0.05, 0.1) is 10.6 Å². The minimum atomic E-state index is -3.65. The van der Waals surface area contributed by atoms with Crippen molar-refractivity contribution in [2.24, 2.45) is 0 Å². The van der Waals surface area contributed by atoms with E-state index in [4.69, 9.17) is 0 Å². The van der Waals surface area contributed by atoms with Crippen LogP contribution in [-0.2, 0) is 19.9 Å². The Morgan fingerprint density at radius 3 is 2.26 bits per heavy atom. The van der Waals surface area contributed by atoms with Crippen molar-refractivity contribution in [2.75, 3.05) is 25.6 Å². The molecule has 0 spiro atoms. The van der Waals surface area contributed by atoms with Gasteiger partial charge in [-0.15, -0.1) is 0 Å². The van der Waals surface area contributed by atoms with E-state index in [2.05, 4.69) is 15.9 Å². The molecule has 19 heavy (non-hydrogen) atoms. The van der Waals surface area contributed by atoms with Gasteiger partial charge in [0.15, 0.2) is 0 Å². The average Bonchev–Trinajstić information content (AvgIpc) is 2.28. The predicted molar refractivity (Wildman–Crippen MR) is 78.4 cm³/mol. The van der Waals surface area contributed by atoms with Gasteiger partial charge in [-0.1, -0.05) is 15.9 Å². The fourth-order valence-corrected chi connectivity index (χ4v) is 3.60. The zero-order valence-electron chi connectivity index (χ0n) is 10.9. The molecule has 0 atom stereocenters. The van der Waals surface area contributed by atoms with Crippen molar-refractivity contribution in [1.29, 1.82) is 0 Å². The molecule has 108 valence electrons. The van der Waals surface area contributed by atoms with Crippen molar-refractivity contribution >= 4 is 35.8 Å². The number of sulfonamides is 1. The zero-order chi connectivity index (χ0) is 14.8. The molecule has 0 aliphatic carbocycles. The fourth-order valence-electron chi connectivity index (χ4n) is 1.37. The second-order valence-electron chi connectivity index (χ2n) is 4.37. The Balaban J connectivity index is 3.00. The third kappa shape index (κ3) is 4.55. The van der Waals surface area contributed by atoms with Gasteiger partial charge in [0.25, 0.3) is 0 Å². The van der Waals surface area contributed by atoms with Crippen molar-refractivity contribution in [3.63, 3.8) is 0 Å². The van der Waals surface area contributed by atoms with E-state index in [1.807, 2.05) is 0 Å². The summed E-state index contributed by atoms with van der Waals surface area (Å²) in [6.07, 6.45) is 1.08. The maximum atomic E-state index is 12.2. The molecule has 5 nitrogen and oxygen atoms in total. The van der Waals surface area contributed by atoms with Crippen LogP contribution in [0.4, 0.5) is 0 Å². The smallest absolute Gasteiger partial charge is 0.229 e. The summed E-state index contributed by atoms with van der Waals surface area (Å²) in [6.45, 7) is 1.73. The quantitative estimate of drug-likeness (QED) is 0.786. The first-order valence-corrected chi connectivity index (χ1v) is 9.73. The predicted octanol–water partition coefficient (Wildman–Crippen LogP) is 1.42. The molecule has 0 fully saturated rings. The molecule has 1 aromatic carbocycles. The minimum Gasteiger partial charge on any atom is -0.229 e. The second kappa shape index (κ2) is 5.90.